The molecule has 2 aromatic carbocycles. The molecule has 1 aliphatic rings. The van der Waals surface area contributed by atoms with Gasteiger partial charge in [-0.15, -0.1) is 0 Å². The molecule has 0 atom stereocenters. The van der Waals surface area contributed by atoms with Crippen molar-refractivity contribution in [2.45, 2.75) is 13.5 Å². The Morgan fingerprint density at radius 3 is 2.50 bits per heavy atom. The van der Waals surface area contributed by atoms with Crippen LogP contribution in [0.2, 0.25) is 0 Å². The molecule has 0 aliphatic carbocycles. The molecule has 0 bridgehead atoms. The van der Waals surface area contributed by atoms with Crippen molar-refractivity contribution in [3.8, 4) is 0 Å². The lowest BCUT2D eigenvalue weighted by atomic mass is 10.1. The first-order chi connectivity index (χ1) is 12.4. The maximum atomic E-state index is 11.4. The molecule has 0 aromatic heterocycles. The molecule has 2 aromatic rings. The number of nitro groups is 1. The van der Waals surface area contributed by atoms with E-state index in [0.717, 1.165) is 19.6 Å². The van der Waals surface area contributed by atoms with Crippen molar-refractivity contribution >= 4 is 17.3 Å². The van der Waals surface area contributed by atoms with E-state index in [1.807, 2.05) is 4.90 Å². The first-order valence-electron chi connectivity index (χ1n) is 8.55. The molecule has 1 amide bonds. The van der Waals surface area contributed by atoms with Gasteiger partial charge in [-0.2, -0.15) is 0 Å². The summed E-state index contributed by atoms with van der Waals surface area (Å²) in [5, 5.41) is 11.4. The molecule has 1 aliphatic heterocycles. The second kappa shape index (κ2) is 7.53. The minimum atomic E-state index is -0.664. The third-order valence-corrected chi connectivity index (χ3v) is 4.66. The predicted octanol–water partition coefficient (Wildman–Crippen LogP) is 2.32. The largest absolute Gasteiger partial charge is 0.366 e. The molecule has 1 heterocycles. The molecule has 7 heteroatoms. The quantitative estimate of drug-likeness (QED) is 0.657. The second-order valence-corrected chi connectivity index (χ2v) is 6.58. The predicted molar refractivity (Wildman–Crippen MR) is 100 cm³/mol. The standard InChI is InChI=1S/C19H22N4O3/c1-14-3-2-4-15(11-14)13-21-7-9-22(10-8-21)17-6-5-16(19(20)24)12-18(17)23(25)26/h2-6,11-12H,7-10,13H2,1H3,(H2,20,24). The lowest BCUT2D eigenvalue weighted by molar-refractivity contribution is -0.384. The number of piperazine rings is 1. The maximum Gasteiger partial charge on any atom is 0.293 e. The lowest BCUT2D eigenvalue weighted by Crippen LogP contribution is -2.46. The van der Waals surface area contributed by atoms with Crippen molar-refractivity contribution < 1.29 is 9.72 Å². The molecule has 0 spiro atoms. The molecule has 0 saturated carbocycles. The molecule has 2 N–H and O–H groups in total. The van der Waals surface area contributed by atoms with Crippen molar-refractivity contribution in [2.75, 3.05) is 31.1 Å². The number of anilines is 1. The zero-order chi connectivity index (χ0) is 18.7. The summed E-state index contributed by atoms with van der Waals surface area (Å²) in [6.45, 7) is 5.99. The van der Waals surface area contributed by atoms with Crippen LogP contribution in [0.3, 0.4) is 0 Å². The summed E-state index contributed by atoms with van der Waals surface area (Å²) in [7, 11) is 0. The van der Waals surface area contributed by atoms with E-state index >= 15 is 0 Å². The Hall–Kier alpha value is -2.93. The van der Waals surface area contributed by atoms with Crippen LogP contribution in [0, 0.1) is 17.0 Å². The fourth-order valence-electron chi connectivity index (χ4n) is 3.31. The van der Waals surface area contributed by atoms with Gasteiger partial charge in [0.2, 0.25) is 5.91 Å². The Morgan fingerprint density at radius 1 is 1.15 bits per heavy atom. The van der Waals surface area contributed by atoms with Crippen molar-refractivity contribution in [2.24, 2.45) is 5.73 Å². The SMILES string of the molecule is Cc1cccc(CN2CCN(c3ccc(C(N)=O)cc3[N+](=O)[O-])CC2)c1. The zero-order valence-electron chi connectivity index (χ0n) is 14.7. The van der Waals surface area contributed by atoms with Crippen LogP contribution in [0.4, 0.5) is 11.4 Å². The Bertz CT molecular complexity index is 829. The summed E-state index contributed by atoms with van der Waals surface area (Å²) in [5.74, 6) is -0.664. The van der Waals surface area contributed by atoms with Gasteiger partial charge in [0.05, 0.1) is 4.92 Å². The van der Waals surface area contributed by atoms with Gasteiger partial charge in [0.15, 0.2) is 0 Å². The summed E-state index contributed by atoms with van der Waals surface area (Å²) in [6.07, 6.45) is 0. The van der Waals surface area contributed by atoms with Gasteiger partial charge >= 0.3 is 0 Å². The summed E-state index contributed by atoms with van der Waals surface area (Å²) in [5.41, 5.74) is 8.36. The Balaban J connectivity index is 1.69. The van der Waals surface area contributed by atoms with Gasteiger partial charge in [-0.05, 0) is 24.6 Å². The molecule has 136 valence electrons. The number of hydrogen-bond donors (Lipinski definition) is 1. The van der Waals surface area contributed by atoms with Gasteiger partial charge in [0.1, 0.15) is 5.69 Å². The van der Waals surface area contributed by atoms with Crippen molar-refractivity contribution in [3.63, 3.8) is 0 Å². The van der Waals surface area contributed by atoms with Gasteiger partial charge in [0, 0.05) is 44.4 Å². The van der Waals surface area contributed by atoms with Crippen LogP contribution in [0.25, 0.3) is 0 Å². The monoisotopic (exact) mass is 354 g/mol. The fourth-order valence-corrected chi connectivity index (χ4v) is 3.31. The number of rotatable bonds is 5. The number of carbonyl (C=O) groups is 1. The number of primary amides is 1. The highest BCUT2D eigenvalue weighted by atomic mass is 16.6. The third-order valence-electron chi connectivity index (χ3n) is 4.66. The van der Waals surface area contributed by atoms with Crippen LogP contribution in [-0.2, 0) is 6.54 Å². The summed E-state index contributed by atoms with van der Waals surface area (Å²) in [4.78, 5) is 26.6. The summed E-state index contributed by atoms with van der Waals surface area (Å²) < 4.78 is 0. The van der Waals surface area contributed by atoms with Crippen molar-refractivity contribution in [1.82, 2.24) is 4.90 Å². The maximum absolute atomic E-state index is 11.4. The normalized spacial score (nSPS) is 15.0. The van der Waals surface area contributed by atoms with E-state index in [-0.39, 0.29) is 11.3 Å². The van der Waals surface area contributed by atoms with E-state index in [1.54, 1.807) is 12.1 Å². The molecular formula is C19H22N4O3. The molecule has 3 rings (SSSR count). The van der Waals surface area contributed by atoms with Gasteiger partial charge in [-0.25, -0.2) is 0 Å². The number of carbonyl (C=O) groups excluding carboxylic acids is 1. The fraction of sp³-hybridized carbons (Fsp3) is 0.316. The number of amides is 1. The van der Waals surface area contributed by atoms with Crippen LogP contribution in [0.1, 0.15) is 21.5 Å². The molecule has 26 heavy (non-hydrogen) atoms. The average molecular weight is 354 g/mol. The van der Waals surface area contributed by atoms with E-state index in [2.05, 4.69) is 36.1 Å². The highest BCUT2D eigenvalue weighted by molar-refractivity contribution is 5.94. The minimum absolute atomic E-state index is 0.0755. The Kier molecular flexibility index (Phi) is 5.18. The highest BCUT2D eigenvalue weighted by Gasteiger charge is 2.24. The van der Waals surface area contributed by atoms with Crippen LogP contribution >= 0.6 is 0 Å². The number of hydrogen-bond acceptors (Lipinski definition) is 5. The van der Waals surface area contributed by atoms with Gasteiger partial charge in [-0.1, -0.05) is 29.8 Å². The topological polar surface area (TPSA) is 92.7 Å². The molecule has 0 radical (unpaired) electrons. The number of benzene rings is 2. The van der Waals surface area contributed by atoms with Gasteiger partial charge in [-0.3, -0.25) is 19.8 Å². The van der Waals surface area contributed by atoms with Crippen molar-refractivity contribution in [1.29, 1.82) is 0 Å². The van der Waals surface area contributed by atoms with Crippen LogP contribution in [0.15, 0.2) is 42.5 Å². The van der Waals surface area contributed by atoms with E-state index in [4.69, 9.17) is 5.73 Å². The van der Waals surface area contributed by atoms with Gasteiger partial charge < -0.3 is 10.6 Å². The number of aryl methyl sites for hydroxylation is 1. The molecule has 1 saturated heterocycles. The number of nitrogens with two attached hydrogens (primary N) is 1. The molecule has 7 nitrogen and oxygen atoms in total. The Morgan fingerprint density at radius 2 is 1.88 bits per heavy atom. The van der Waals surface area contributed by atoms with Crippen LogP contribution in [0.5, 0.6) is 0 Å². The number of nitrogens with zero attached hydrogens (tertiary/aromatic N) is 3. The van der Waals surface area contributed by atoms with Crippen LogP contribution in [-0.4, -0.2) is 41.9 Å². The van der Waals surface area contributed by atoms with E-state index in [9.17, 15) is 14.9 Å². The second-order valence-electron chi connectivity index (χ2n) is 6.58. The molecular weight excluding hydrogens is 332 g/mol. The van der Waals surface area contributed by atoms with Crippen LogP contribution < -0.4 is 10.6 Å². The minimum Gasteiger partial charge on any atom is -0.366 e. The lowest BCUT2D eigenvalue weighted by Gasteiger charge is -2.35. The average Bonchev–Trinajstić information content (AvgIpc) is 2.62. The highest BCUT2D eigenvalue weighted by Crippen LogP contribution is 2.30. The van der Waals surface area contributed by atoms with Crippen molar-refractivity contribution in [3.05, 3.63) is 69.3 Å². The van der Waals surface area contributed by atoms with E-state index in [0.29, 0.717) is 18.8 Å². The smallest absolute Gasteiger partial charge is 0.293 e. The van der Waals surface area contributed by atoms with E-state index in [1.165, 1.54) is 17.2 Å². The third kappa shape index (κ3) is 4.00. The summed E-state index contributed by atoms with van der Waals surface area (Å²) in [6, 6.07) is 12.9. The Labute approximate surface area is 152 Å². The van der Waals surface area contributed by atoms with Gasteiger partial charge in [0.25, 0.3) is 5.69 Å². The molecule has 1 fully saturated rings. The summed E-state index contributed by atoms with van der Waals surface area (Å²) >= 11 is 0. The van der Waals surface area contributed by atoms with E-state index < -0.39 is 10.8 Å². The first-order valence-corrected chi connectivity index (χ1v) is 8.55. The first kappa shape index (κ1) is 17.9. The zero-order valence-corrected chi connectivity index (χ0v) is 14.7. The molecule has 0 unspecified atom stereocenters. The number of nitro benzene ring substituents is 1.